The van der Waals surface area contributed by atoms with E-state index in [4.69, 9.17) is 11.6 Å². The van der Waals surface area contributed by atoms with Crippen LogP contribution in [0, 0.1) is 0 Å². The van der Waals surface area contributed by atoms with Crippen LogP contribution in [-0.2, 0) is 4.79 Å². The molecule has 0 spiro atoms. The normalized spacial score (nSPS) is 10.2. The van der Waals surface area contributed by atoms with E-state index in [1.165, 1.54) is 11.3 Å². The SMILES string of the molecule is O=C(CBr)Nc1ccc(Cl)cc1C(=O)c1ccsc1. The van der Waals surface area contributed by atoms with Gasteiger partial charge in [0.25, 0.3) is 0 Å². The molecular weight excluding hydrogens is 350 g/mol. The molecule has 0 aliphatic rings. The number of hydrogen-bond acceptors (Lipinski definition) is 3. The van der Waals surface area contributed by atoms with E-state index in [1.54, 1.807) is 29.6 Å². The number of nitrogens with one attached hydrogen (secondary N) is 1. The number of anilines is 1. The highest BCUT2D eigenvalue weighted by atomic mass is 79.9. The summed E-state index contributed by atoms with van der Waals surface area (Å²) in [4.78, 5) is 23.8. The molecule has 98 valence electrons. The lowest BCUT2D eigenvalue weighted by atomic mass is 10.0. The minimum Gasteiger partial charge on any atom is -0.325 e. The summed E-state index contributed by atoms with van der Waals surface area (Å²) < 4.78 is 0. The molecule has 19 heavy (non-hydrogen) atoms. The van der Waals surface area contributed by atoms with Crippen molar-refractivity contribution in [3.63, 3.8) is 0 Å². The highest BCUT2D eigenvalue weighted by Crippen LogP contribution is 2.24. The molecule has 2 aromatic rings. The molecule has 2 rings (SSSR count). The maximum absolute atomic E-state index is 12.3. The smallest absolute Gasteiger partial charge is 0.235 e. The molecule has 1 amide bonds. The van der Waals surface area contributed by atoms with E-state index in [0.717, 1.165) is 0 Å². The van der Waals surface area contributed by atoms with Gasteiger partial charge in [0, 0.05) is 21.5 Å². The molecule has 0 unspecified atom stereocenters. The summed E-state index contributed by atoms with van der Waals surface area (Å²) in [6.07, 6.45) is 0. The van der Waals surface area contributed by atoms with E-state index >= 15 is 0 Å². The predicted octanol–water partition coefficient (Wildman–Crippen LogP) is 3.97. The van der Waals surface area contributed by atoms with Gasteiger partial charge in [-0.2, -0.15) is 11.3 Å². The second-order valence-corrected chi connectivity index (χ2v) is 5.49. The Morgan fingerprint density at radius 3 is 2.74 bits per heavy atom. The maximum Gasteiger partial charge on any atom is 0.235 e. The van der Waals surface area contributed by atoms with Gasteiger partial charge < -0.3 is 5.32 Å². The van der Waals surface area contributed by atoms with Crippen molar-refractivity contribution < 1.29 is 9.59 Å². The average molecular weight is 359 g/mol. The van der Waals surface area contributed by atoms with Crippen LogP contribution in [0.1, 0.15) is 15.9 Å². The molecule has 1 heterocycles. The lowest BCUT2D eigenvalue weighted by Gasteiger charge is -2.09. The van der Waals surface area contributed by atoms with E-state index in [2.05, 4.69) is 21.2 Å². The van der Waals surface area contributed by atoms with Crippen molar-refractivity contribution in [2.45, 2.75) is 0 Å². The van der Waals surface area contributed by atoms with Gasteiger partial charge in [0.05, 0.1) is 11.0 Å². The molecule has 1 aromatic carbocycles. The van der Waals surface area contributed by atoms with Crippen molar-refractivity contribution in [3.8, 4) is 0 Å². The zero-order valence-corrected chi connectivity index (χ0v) is 12.8. The average Bonchev–Trinajstić information content (AvgIpc) is 2.93. The predicted molar refractivity (Wildman–Crippen MR) is 81.6 cm³/mol. The highest BCUT2D eigenvalue weighted by molar-refractivity contribution is 9.09. The van der Waals surface area contributed by atoms with Crippen molar-refractivity contribution in [1.82, 2.24) is 0 Å². The van der Waals surface area contributed by atoms with E-state index in [-0.39, 0.29) is 17.0 Å². The van der Waals surface area contributed by atoms with E-state index in [9.17, 15) is 9.59 Å². The first-order valence-electron chi connectivity index (χ1n) is 5.34. The third-order valence-corrected chi connectivity index (χ3v) is 3.83. The first-order chi connectivity index (χ1) is 9.11. The van der Waals surface area contributed by atoms with E-state index in [0.29, 0.717) is 21.8 Å². The number of hydrogen-bond donors (Lipinski definition) is 1. The van der Waals surface area contributed by atoms with Crippen LogP contribution in [0.3, 0.4) is 0 Å². The van der Waals surface area contributed by atoms with E-state index < -0.39 is 0 Å². The Bertz CT molecular complexity index is 613. The Balaban J connectivity index is 2.40. The van der Waals surface area contributed by atoms with Gasteiger partial charge in [-0.3, -0.25) is 9.59 Å². The van der Waals surface area contributed by atoms with Crippen molar-refractivity contribution in [2.24, 2.45) is 0 Å². The number of amides is 1. The van der Waals surface area contributed by atoms with Gasteiger partial charge in [0.1, 0.15) is 0 Å². The quantitative estimate of drug-likeness (QED) is 0.664. The largest absolute Gasteiger partial charge is 0.325 e. The van der Waals surface area contributed by atoms with Crippen molar-refractivity contribution in [1.29, 1.82) is 0 Å². The number of halogens is 2. The Morgan fingerprint density at radius 1 is 1.32 bits per heavy atom. The number of alkyl halides is 1. The third-order valence-electron chi connectivity index (χ3n) is 2.41. The summed E-state index contributed by atoms with van der Waals surface area (Å²) in [7, 11) is 0. The van der Waals surface area contributed by atoms with Gasteiger partial charge in [-0.15, -0.1) is 0 Å². The number of thiophene rings is 1. The van der Waals surface area contributed by atoms with Crippen LogP contribution in [-0.4, -0.2) is 17.0 Å². The topological polar surface area (TPSA) is 46.2 Å². The maximum atomic E-state index is 12.3. The second-order valence-electron chi connectivity index (χ2n) is 3.71. The van der Waals surface area contributed by atoms with Gasteiger partial charge in [-0.05, 0) is 29.6 Å². The molecule has 1 N–H and O–H groups in total. The van der Waals surface area contributed by atoms with Gasteiger partial charge in [0.15, 0.2) is 5.78 Å². The van der Waals surface area contributed by atoms with Crippen LogP contribution in [0.25, 0.3) is 0 Å². The van der Waals surface area contributed by atoms with Crippen LogP contribution >= 0.6 is 38.9 Å². The van der Waals surface area contributed by atoms with Crippen LogP contribution in [0.15, 0.2) is 35.0 Å². The standard InChI is InChI=1S/C13H9BrClNO2S/c14-6-12(17)16-11-2-1-9(15)5-10(11)13(18)8-3-4-19-7-8/h1-5,7H,6H2,(H,16,17). The molecule has 0 saturated heterocycles. The highest BCUT2D eigenvalue weighted by Gasteiger charge is 2.16. The molecule has 0 saturated carbocycles. The molecule has 1 aromatic heterocycles. The van der Waals surface area contributed by atoms with Crippen molar-refractivity contribution in [3.05, 3.63) is 51.2 Å². The van der Waals surface area contributed by atoms with Gasteiger partial charge in [-0.25, -0.2) is 0 Å². The fourth-order valence-electron chi connectivity index (χ4n) is 1.55. The molecule has 0 aliphatic heterocycles. The lowest BCUT2D eigenvalue weighted by molar-refractivity contribution is -0.113. The summed E-state index contributed by atoms with van der Waals surface area (Å²) in [6, 6.07) is 6.56. The van der Waals surface area contributed by atoms with Crippen LogP contribution < -0.4 is 5.32 Å². The number of ketones is 1. The molecule has 0 aliphatic carbocycles. The molecule has 3 nitrogen and oxygen atoms in total. The minimum atomic E-state index is -0.221. The fourth-order valence-corrected chi connectivity index (χ4v) is 2.49. The summed E-state index contributed by atoms with van der Waals surface area (Å²) in [5.74, 6) is -0.379. The van der Waals surface area contributed by atoms with Gasteiger partial charge in [-0.1, -0.05) is 27.5 Å². The summed E-state index contributed by atoms with van der Waals surface area (Å²) in [5, 5.41) is 6.88. The molecule has 0 bridgehead atoms. The summed E-state index contributed by atoms with van der Waals surface area (Å²) in [6.45, 7) is 0. The minimum absolute atomic E-state index is 0.159. The van der Waals surface area contributed by atoms with Gasteiger partial charge in [0.2, 0.25) is 5.91 Å². The lowest BCUT2D eigenvalue weighted by Crippen LogP contribution is -2.15. The summed E-state index contributed by atoms with van der Waals surface area (Å²) in [5.41, 5.74) is 1.44. The van der Waals surface area contributed by atoms with Crippen molar-refractivity contribution in [2.75, 3.05) is 10.6 Å². The van der Waals surface area contributed by atoms with Gasteiger partial charge >= 0.3 is 0 Å². The molecule has 6 heteroatoms. The first kappa shape index (κ1) is 14.2. The zero-order chi connectivity index (χ0) is 13.8. The third kappa shape index (κ3) is 3.43. The molecular formula is C13H9BrClNO2S. The first-order valence-corrected chi connectivity index (χ1v) is 7.78. The molecule has 0 radical (unpaired) electrons. The van der Waals surface area contributed by atoms with Crippen LogP contribution in [0.2, 0.25) is 5.02 Å². The zero-order valence-electron chi connectivity index (χ0n) is 9.65. The number of rotatable bonds is 4. The number of benzene rings is 1. The monoisotopic (exact) mass is 357 g/mol. The molecule has 0 atom stereocenters. The Labute approximate surface area is 127 Å². The fraction of sp³-hybridized carbons (Fsp3) is 0.0769. The Kier molecular flexibility index (Phi) is 4.74. The van der Waals surface area contributed by atoms with Crippen LogP contribution in [0.5, 0.6) is 0 Å². The number of carbonyl (C=O) groups is 2. The van der Waals surface area contributed by atoms with Crippen molar-refractivity contribution >= 4 is 56.2 Å². The summed E-state index contributed by atoms with van der Waals surface area (Å²) >= 11 is 10.4. The Hall–Kier alpha value is -1.17. The Morgan fingerprint density at radius 2 is 2.11 bits per heavy atom. The van der Waals surface area contributed by atoms with E-state index in [1.807, 2.05) is 5.38 Å². The second kappa shape index (κ2) is 6.32. The van der Waals surface area contributed by atoms with Crippen LogP contribution in [0.4, 0.5) is 5.69 Å². The molecule has 0 fully saturated rings. The number of carbonyl (C=O) groups excluding carboxylic acids is 2.